The minimum Gasteiger partial charge on any atom is -0.444 e. The van der Waals surface area contributed by atoms with Crippen molar-refractivity contribution >= 4 is 6.09 Å². The van der Waals surface area contributed by atoms with Crippen molar-refractivity contribution in [2.45, 2.75) is 39.0 Å². The standard InChI is InChI=1S/C8H16N2O3/c1-7(2,3)10-8(4,12)5-13-6(11)9-10/h12H,5H2,1-4H3,(H,9,11). The van der Waals surface area contributed by atoms with Crippen LogP contribution in [-0.2, 0) is 4.74 Å². The summed E-state index contributed by atoms with van der Waals surface area (Å²) in [7, 11) is 0. The Kier molecular flexibility index (Phi) is 2.25. The van der Waals surface area contributed by atoms with Crippen LogP contribution in [0.1, 0.15) is 27.7 Å². The summed E-state index contributed by atoms with van der Waals surface area (Å²) in [4.78, 5) is 10.9. The highest BCUT2D eigenvalue weighted by atomic mass is 16.6. The number of amides is 1. The Morgan fingerprint density at radius 2 is 2.15 bits per heavy atom. The highest BCUT2D eigenvalue weighted by Crippen LogP contribution is 2.23. The molecule has 0 aromatic rings. The number of nitrogens with one attached hydrogen (secondary N) is 1. The molecule has 0 aromatic heterocycles. The van der Waals surface area contributed by atoms with Crippen molar-refractivity contribution in [2.75, 3.05) is 6.61 Å². The van der Waals surface area contributed by atoms with Crippen LogP contribution in [0.3, 0.4) is 0 Å². The number of nitrogens with zero attached hydrogens (tertiary/aromatic N) is 1. The molecule has 1 heterocycles. The quantitative estimate of drug-likeness (QED) is 0.579. The predicted molar refractivity (Wildman–Crippen MR) is 46.7 cm³/mol. The van der Waals surface area contributed by atoms with Gasteiger partial charge < -0.3 is 9.84 Å². The van der Waals surface area contributed by atoms with Crippen LogP contribution < -0.4 is 5.43 Å². The van der Waals surface area contributed by atoms with Crippen LogP contribution >= 0.6 is 0 Å². The highest BCUT2D eigenvalue weighted by molar-refractivity contribution is 5.67. The van der Waals surface area contributed by atoms with Gasteiger partial charge in [0.05, 0.1) is 0 Å². The van der Waals surface area contributed by atoms with Crippen LogP contribution in [0.15, 0.2) is 0 Å². The molecule has 2 N–H and O–H groups in total. The Hall–Kier alpha value is -0.810. The number of hydrogen-bond acceptors (Lipinski definition) is 4. The average molecular weight is 188 g/mol. The summed E-state index contributed by atoms with van der Waals surface area (Å²) in [5.74, 6) is 0. The zero-order chi connectivity index (χ0) is 10.3. The summed E-state index contributed by atoms with van der Waals surface area (Å²) < 4.78 is 4.68. The average Bonchev–Trinajstić information content (AvgIpc) is 1.92. The van der Waals surface area contributed by atoms with Crippen molar-refractivity contribution in [1.82, 2.24) is 10.4 Å². The lowest BCUT2D eigenvalue weighted by atomic mass is 10.0. The van der Waals surface area contributed by atoms with E-state index in [-0.39, 0.29) is 12.1 Å². The number of hydrazine groups is 1. The zero-order valence-corrected chi connectivity index (χ0v) is 8.42. The molecular formula is C8H16N2O3. The number of carbonyl (C=O) groups is 1. The van der Waals surface area contributed by atoms with Gasteiger partial charge in [-0.05, 0) is 27.7 Å². The summed E-state index contributed by atoms with van der Waals surface area (Å²) >= 11 is 0. The van der Waals surface area contributed by atoms with Crippen molar-refractivity contribution in [3.63, 3.8) is 0 Å². The molecule has 0 aromatic carbocycles. The molecule has 5 heteroatoms. The molecule has 0 spiro atoms. The molecular weight excluding hydrogens is 172 g/mol. The molecule has 0 aliphatic carbocycles. The summed E-state index contributed by atoms with van der Waals surface area (Å²) in [6.45, 7) is 7.26. The van der Waals surface area contributed by atoms with E-state index in [0.717, 1.165) is 0 Å². The van der Waals surface area contributed by atoms with Gasteiger partial charge in [-0.25, -0.2) is 4.79 Å². The molecule has 1 saturated heterocycles. The van der Waals surface area contributed by atoms with Crippen LogP contribution in [0.2, 0.25) is 0 Å². The van der Waals surface area contributed by atoms with Gasteiger partial charge in [-0.3, -0.25) is 5.43 Å². The van der Waals surface area contributed by atoms with Gasteiger partial charge in [-0.15, -0.1) is 0 Å². The normalized spacial score (nSPS) is 31.0. The van der Waals surface area contributed by atoms with Gasteiger partial charge in [-0.2, -0.15) is 5.01 Å². The van der Waals surface area contributed by atoms with E-state index in [2.05, 4.69) is 10.2 Å². The Morgan fingerprint density at radius 1 is 1.62 bits per heavy atom. The van der Waals surface area contributed by atoms with Crippen LogP contribution in [0.5, 0.6) is 0 Å². The van der Waals surface area contributed by atoms with E-state index in [9.17, 15) is 9.90 Å². The number of hydrogen-bond donors (Lipinski definition) is 2. The minimum atomic E-state index is -1.16. The first-order valence-corrected chi connectivity index (χ1v) is 4.19. The molecule has 0 saturated carbocycles. The first-order chi connectivity index (χ1) is 5.73. The van der Waals surface area contributed by atoms with Crippen LogP contribution in [0.4, 0.5) is 4.79 Å². The topological polar surface area (TPSA) is 61.8 Å². The number of carbonyl (C=O) groups excluding carboxylic acids is 1. The van der Waals surface area contributed by atoms with E-state index in [1.54, 1.807) is 6.92 Å². The lowest BCUT2D eigenvalue weighted by Gasteiger charge is -2.46. The van der Waals surface area contributed by atoms with E-state index in [4.69, 9.17) is 0 Å². The number of aliphatic hydroxyl groups is 1. The summed E-state index contributed by atoms with van der Waals surface area (Å²) in [5, 5.41) is 11.4. The molecule has 5 nitrogen and oxygen atoms in total. The van der Waals surface area contributed by atoms with Gasteiger partial charge in [0, 0.05) is 5.54 Å². The van der Waals surface area contributed by atoms with Gasteiger partial charge in [0.2, 0.25) is 0 Å². The van der Waals surface area contributed by atoms with Gasteiger partial charge >= 0.3 is 6.09 Å². The van der Waals surface area contributed by atoms with Crippen LogP contribution in [0, 0.1) is 0 Å². The maximum absolute atomic E-state index is 10.9. The van der Waals surface area contributed by atoms with Gasteiger partial charge in [-0.1, -0.05) is 0 Å². The second kappa shape index (κ2) is 2.85. The largest absolute Gasteiger partial charge is 0.444 e. The Labute approximate surface area is 77.6 Å². The fourth-order valence-corrected chi connectivity index (χ4v) is 1.40. The number of cyclic esters (lactones) is 1. The first kappa shape index (κ1) is 10.3. The fourth-order valence-electron chi connectivity index (χ4n) is 1.40. The molecule has 76 valence electrons. The molecule has 1 aliphatic heterocycles. The smallest absolute Gasteiger partial charge is 0.422 e. The Balaban J connectivity index is 2.84. The third kappa shape index (κ3) is 2.10. The molecule has 1 amide bonds. The molecule has 1 aliphatic rings. The van der Waals surface area contributed by atoms with E-state index < -0.39 is 11.8 Å². The second-order valence-electron chi connectivity index (χ2n) is 4.41. The molecule has 1 rings (SSSR count). The first-order valence-electron chi connectivity index (χ1n) is 4.19. The lowest BCUT2D eigenvalue weighted by molar-refractivity contribution is -0.203. The molecule has 13 heavy (non-hydrogen) atoms. The zero-order valence-electron chi connectivity index (χ0n) is 8.42. The summed E-state index contributed by atoms with van der Waals surface area (Å²) in [5.41, 5.74) is 0.964. The minimum absolute atomic E-state index is 0.0178. The molecule has 1 atom stereocenters. The van der Waals surface area contributed by atoms with E-state index in [1.807, 2.05) is 20.8 Å². The molecule has 1 fully saturated rings. The maximum Gasteiger partial charge on any atom is 0.422 e. The van der Waals surface area contributed by atoms with Crippen LogP contribution in [0.25, 0.3) is 0 Å². The lowest BCUT2D eigenvalue weighted by Crippen LogP contribution is -2.68. The van der Waals surface area contributed by atoms with E-state index >= 15 is 0 Å². The van der Waals surface area contributed by atoms with Crippen molar-refractivity contribution in [3.05, 3.63) is 0 Å². The van der Waals surface area contributed by atoms with Crippen molar-refractivity contribution in [1.29, 1.82) is 0 Å². The monoisotopic (exact) mass is 188 g/mol. The fraction of sp³-hybridized carbons (Fsp3) is 0.875. The third-order valence-corrected chi connectivity index (χ3v) is 1.83. The highest BCUT2D eigenvalue weighted by Gasteiger charge is 2.42. The van der Waals surface area contributed by atoms with Crippen molar-refractivity contribution < 1.29 is 14.6 Å². The molecule has 1 unspecified atom stereocenters. The van der Waals surface area contributed by atoms with Crippen LogP contribution in [-0.4, -0.2) is 34.1 Å². The third-order valence-electron chi connectivity index (χ3n) is 1.83. The second-order valence-corrected chi connectivity index (χ2v) is 4.41. The number of rotatable bonds is 0. The van der Waals surface area contributed by atoms with Gasteiger partial charge in [0.1, 0.15) is 6.61 Å². The predicted octanol–water partition coefficient (Wildman–Crippen LogP) is 0.450. The van der Waals surface area contributed by atoms with Gasteiger partial charge in [0.25, 0.3) is 0 Å². The van der Waals surface area contributed by atoms with Crippen molar-refractivity contribution in [2.24, 2.45) is 0 Å². The summed E-state index contributed by atoms with van der Waals surface area (Å²) in [6, 6.07) is 0. The Bertz CT molecular complexity index is 220. The molecule has 0 bridgehead atoms. The SMILES string of the molecule is CC(C)(C)N1NC(=O)OCC1(C)O. The van der Waals surface area contributed by atoms with E-state index in [0.29, 0.717) is 0 Å². The van der Waals surface area contributed by atoms with E-state index in [1.165, 1.54) is 5.01 Å². The van der Waals surface area contributed by atoms with Gasteiger partial charge in [0.15, 0.2) is 5.72 Å². The van der Waals surface area contributed by atoms with Crippen molar-refractivity contribution in [3.8, 4) is 0 Å². The number of ether oxygens (including phenoxy) is 1. The summed E-state index contributed by atoms with van der Waals surface area (Å²) in [6.07, 6.45) is -0.526. The Morgan fingerprint density at radius 3 is 2.54 bits per heavy atom. The maximum atomic E-state index is 10.9. The molecule has 0 radical (unpaired) electrons.